The molecule has 0 N–H and O–H groups in total. The van der Waals surface area contributed by atoms with E-state index in [0.717, 1.165) is 11.8 Å². The van der Waals surface area contributed by atoms with Crippen molar-refractivity contribution in [1.29, 1.82) is 0 Å². The van der Waals surface area contributed by atoms with Crippen molar-refractivity contribution in [2.24, 2.45) is 11.8 Å². The summed E-state index contributed by atoms with van der Waals surface area (Å²) >= 11 is 0. The molecule has 0 saturated carbocycles. The minimum absolute atomic E-state index is 0.996. The third-order valence-corrected chi connectivity index (χ3v) is 4.02. The highest BCUT2D eigenvalue weighted by atomic mass is 14.1. The molecule has 0 radical (unpaired) electrons. The van der Waals surface area contributed by atoms with E-state index in [9.17, 15) is 0 Å². The van der Waals surface area contributed by atoms with Gasteiger partial charge in [0, 0.05) is 0 Å². The number of hydrogen-bond donors (Lipinski definition) is 0. The second-order valence-electron chi connectivity index (χ2n) is 5.41. The minimum atomic E-state index is 0.996. The third kappa shape index (κ3) is 8.19. The summed E-state index contributed by atoms with van der Waals surface area (Å²) in [6, 6.07) is 0. The van der Waals surface area contributed by atoms with Crippen molar-refractivity contribution in [2.75, 3.05) is 0 Å². The summed E-state index contributed by atoms with van der Waals surface area (Å²) in [5, 5.41) is 0. The van der Waals surface area contributed by atoms with E-state index in [1.807, 2.05) is 0 Å². The first-order chi connectivity index (χ1) is 7.78. The van der Waals surface area contributed by atoms with Crippen LogP contribution in [0.3, 0.4) is 0 Å². The Bertz CT molecular complexity index is 118. The molecule has 0 fully saturated rings. The van der Waals surface area contributed by atoms with Crippen molar-refractivity contribution in [3.63, 3.8) is 0 Å². The van der Waals surface area contributed by atoms with Gasteiger partial charge in [0.1, 0.15) is 0 Å². The molecule has 0 atom stereocenters. The standard InChI is InChI=1S/C16H34/c1-5-11-16(12-6-2)14-10-9-13-15(7-3)8-4/h15-16H,5-14H2,1-4H3. The zero-order chi connectivity index (χ0) is 12.2. The lowest BCUT2D eigenvalue weighted by Crippen LogP contribution is -2.01. The van der Waals surface area contributed by atoms with Gasteiger partial charge in [-0.15, -0.1) is 0 Å². The minimum Gasteiger partial charge on any atom is -0.0654 e. The summed E-state index contributed by atoms with van der Waals surface area (Å²) in [4.78, 5) is 0. The highest BCUT2D eigenvalue weighted by molar-refractivity contribution is 4.60. The predicted octanol–water partition coefficient (Wildman–Crippen LogP) is 6.20. The predicted molar refractivity (Wildman–Crippen MR) is 75.8 cm³/mol. The van der Waals surface area contributed by atoms with Crippen LogP contribution in [0, 0.1) is 11.8 Å². The lowest BCUT2D eigenvalue weighted by Gasteiger charge is -2.16. The van der Waals surface area contributed by atoms with Gasteiger partial charge in [0.25, 0.3) is 0 Å². The first-order valence-electron chi connectivity index (χ1n) is 7.78. The van der Waals surface area contributed by atoms with Gasteiger partial charge in [0.05, 0.1) is 0 Å². The molecule has 0 nitrogen and oxygen atoms in total. The van der Waals surface area contributed by atoms with Crippen molar-refractivity contribution in [3.8, 4) is 0 Å². The maximum absolute atomic E-state index is 2.34. The first kappa shape index (κ1) is 16.0. The molecule has 98 valence electrons. The molecule has 0 amide bonds. The molecular formula is C16H34. The average Bonchev–Trinajstić information content (AvgIpc) is 2.30. The van der Waals surface area contributed by atoms with Crippen molar-refractivity contribution in [1.82, 2.24) is 0 Å². The number of hydrogen-bond acceptors (Lipinski definition) is 0. The summed E-state index contributed by atoms with van der Waals surface area (Å²) in [6.45, 7) is 9.33. The molecule has 0 aliphatic heterocycles. The third-order valence-electron chi connectivity index (χ3n) is 4.02. The summed E-state index contributed by atoms with van der Waals surface area (Å²) < 4.78 is 0. The molecule has 0 unspecified atom stereocenters. The SMILES string of the molecule is CCCC(CCC)CCCCC(CC)CC. The van der Waals surface area contributed by atoms with Gasteiger partial charge in [-0.1, -0.05) is 91.9 Å². The van der Waals surface area contributed by atoms with Crippen LogP contribution in [0.2, 0.25) is 0 Å². The van der Waals surface area contributed by atoms with Crippen LogP contribution in [0.5, 0.6) is 0 Å². The molecule has 0 aromatic carbocycles. The van der Waals surface area contributed by atoms with Crippen LogP contribution < -0.4 is 0 Å². The Balaban J connectivity index is 3.52. The number of unbranched alkanes of at least 4 members (excludes halogenated alkanes) is 1. The van der Waals surface area contributed by atoms with E-state index < -0.39 is 0 Å². The molecule has 0 aromatic heterocycles. The van der Waals surface area contributed by atoms with Gasteiger partial charge in [-0.3, -0.25) is 0 Å². The molecule has 0 aliphatic carbocycles. The molecule has 0 aromatic rings. The normalized spacial score (nSPS) is 11.6. The van der Waals surface area contributed by atoms with Crippen LogP contribution in [0.15, 0.2) is 0 Å². The van der Waals surface area contributed by atoms with Crippen molar-refractivity contribution < 1.29 is 0 Å². The summed E-state index contributed by atoms with van der Waals surface area (Å²) in [5.74, 6) is 2.02. The van der Waals surface area contributed by atoms with Gasteiger partial charge in [0.15, 0.2) is 0 Å². The maximum atomic E-state index is 2.34. The Morgan fingerprint density at radius 3 is 1.38 bits per heavy atom. The Morgan fingerprint density at radius 2 is 1.00 bits per heavy atom. The average molecular weight is 226 g/mol. The largest absolute Gasteiger partial charge is 0.0654 e. The quantitative estimate of drug-likeness (QED) is 0.368. The fourth-order valence-electron chi connectivity index (χ4n) is 2.81. The Kier molecular flexibility index (Phi) is 11.5. The lowest BCUT2D eigenvalue weighted by molar-refractivity contribution is 0.371. The zero-order valence-corrected chi connectivity index (χ0v) is 12.2. The smallest absolute Gasteiger partial charge is 0.0414 e. The fourth-order valence-corrected chi connectivity index (χ4v) is 2.81. The Labute approximate surface area is 104 Å². The summed E-state index contributed by atoms with van der Waals surface area (Å²) in [6.07, 6.45) is 14.3. The van der Waals surface area contributed by atoms with E-state index in [0.29, 0.717) is 0 Å². The van der Waals surface area contributed by atoms with Gasteiger partial charge in [0.2, 0.25) is 0 Å². The van der Waals surface area contributed by atoms with E-state index in [1.54, 1.807) is 0 Å². The van der Waals surface area contributed by atoms with Crippen molar-refractivity contribution in [3.05, 3.63) is 0 Å². The Morgan fingerprint density at radius 1 is 0.562 bits per heavy atom. The van der Waals surface area contributed by atoms with Crippen LogP contribution in [0.1, 0.15) is 91.9 Å². The second-order valence-corrected chi connectivity index (χ2v) is 5.41. The molecule has 16 heavy (non-hydrogen) atoms. The van der Waals surface area contributed by atoms with Gasteiger partial charge in [-0.2, -0.15) is 0 Å². The molecular weight excluding hydrogens is 192 g/mol. The van der Waals surface area contributed by atoms with Gasteiger partial charge >= 0.3 is 0 Å². The van der Waals surface area contributed by atoms with Crippen LogP contribution in [-0.2, 0) is 0 Å². The number of rotatable bonds is 11. The van der Waals surface area contributed by atoms with Crippen LogP contribution >= 0.6 is 0 Å². The van der Waals surface area contributed by atoms with Gasteiger partial charge < -0.3 is 0 Å². The molecule has 0 spiro atoms. The molecule has 0 saturated heterocycles. The van der Waals surface area contributed by atoms with Crippen LogP contribution in [-0.4, -0.2) is 0 Å². The molecule has 0 aliphatic rings. The highest BCUT2D eigenvalue weighted by Crippen LogP contribution is 2.23. The molecule has 0 rings (SSSR count). The summed E-state index contributed by atoms with van der Waals surface area (Å²) in [7, 11) is 0. The topological polar surface area (TPSA) is 0 Å². The van der Waals surface area contributed by atoms with Crippen molar-refractivity contribution >= 4 is 0 Å². The van der Waals surface area contributed by atoms with E-state index in [4.69, 9.17) is 0 Å². The van der Waals surface area contributed by atoms with E-state index in [-0.39, 0.29) is 0 Å². The fraction of sp³-hybridized carbons (Fsp3) is 1.00. The molecule has 0 bridgehead atoms. The molecule has 0 heteroatoms. The lowest BCUT2D eigenvalue weighted by atomic mass is 9.90. The zero-order valence-electron chi connectivity index (χ0n) is 12.2. The first-order valence-corrected chi connectivity index (χ1v) is 7.78. The van der Waals surface area contributed by atoms with E-state index in [1.165, 1.54) is 64.2 Å². The Hall–Kier alpha value is 0. The van der Waals surface area contributed by atoms with E-state index >= 15 is 0 Å². The maximum Gasteiger partial charge on any atom is -0.0414 e. The highest BCUT2D eigenvalue weighted by Gasteiger charge is 2.07. The molecule has 0 heterocycles. The second kappa shape index (κ2) is 11.5. The van der Waals surface area contributed by atoms with Crippen LogP contribution in [0.25, 0.3) is 0 Å². The van der Waals surface area contributed by atoms with Crippen LogP contribution in [0.4, 0.5) is 0 Å². The summed E-state index contributed by atoms with van der Waals surface area (Å²) in [5.41, 5.74) is 0. The van der Waals surface area contributed by atoms with Crippen molar-refractivity contribution in [2.45, 2.75) is 91.9 Å². The van der Waals surface area contributed by atoms with Gasteiger partial charge in [-0.05, 0) is 11.8 Å². The van der Waals surface area contributed by atoms with E-state index in [2.05, 4.69) is 27.7 Å². The van der Waals surface area contributed by atoms with Gasteiger partial charge in [-0.25, -0.2) is 0 Å². The monoisotopic (exact) mass is 226 g/mol.